The summed E-state index contributed by atoms with van der Waals surface area (Å²) in [5.74, 6) is -0.537. The molecule has 0 atom stereocenters. The van der Waals surface area contributed by atoms with Gasteiger partial charge >= 0.3 is 5.97 Å². The molecule has 0 spiro atoms. The number of Topliss-reactive ketones (excluding diaryl/α,β-unsaturated/α-hetero) is 1. The van der Waals surface area contributed by atoms with Crippen LogP contribution in [0, 0.1) is 12.3 Å². The number of hydrogen-bond acceptors (Lipinski definition) is 3. The van der Waals surface area contributed by atoms with Crippen molar-refractivity contribution in [2.45, 2.75) is 27.2 Å². The van der Waals surface area contributed by atoms with Crippen LogP contribution in [0.15, 0.2) is 18.2 Å². The summed E-state index contributed by atoms with van der Waals surface area (Å²) < 4.78 is 5.14. The van der Waals surface area contributed by atoms with Crippen LogP contribution >= 0.6 is 0 Å². The van der Waals surface area contributed by atoms with Gasteiger partial charge in [-0.3, -0.25) is 9.59 Å². The number of benzene rings is 1. The molecule has 0 saturated heterocycles. The summed E-state index contributed by atoms with van der Waals surface area (Å²) in [6.07, 6.45) is -0.0332. The van der Waals surface area contributed by atoms with E-state index in [4.69, 9.17) is 9.84 Å². The van der Waals surface area contributed by atoms with E-state index < -0.39 is 11.4 Å². The molecule has 0 unspecified atom stereocenters. The Balaban J connectivity index is 2.95. The predicted molar refractivity (Wildman–Crippen MR) is 68.1 cm³/mol. The second-order valence-corrected chi connectivity index (χ2v) is 4.97. The zero-order valence-electron chi connectivity index (χ0n) is 11.1. The third-order valence-electron chi connectivity index (χ3n) is 2.91. The number of aryl methyl sites for hydroxylation is 1. The maximum atomic E-state index is 12.0. The Labute approximate surface area is 107 Å². The third-order valence-corrected chi connectivity index (χ3v) is 2.91. The van der Waals surface area contributed by atoms with Crippen LogP contribution in [0.5, 0.6) is 5.75 Å². The molecule has 1 aromatic rings. The molecule has 4 nitrogen and oxygen atoms in total. The number of hydrogen-bond donors (Lipinski definition) is 1. The summed E-state index contributed by atoms with van der Waals surface area (Å²) in [7, 11) is 1.54. The van der Waals surface area contributed by atoms with Crippen LogP contribution in [-0.4, -0.2) is 24.0 Å². The van der Waals surface area contributed by atoms with Gasteiger partial charge in [-0.1, -0.05) is 12.1 Å². The monoisotopic (exact) mass is 250 g/mol. The highest BCUT2D eigenvalue weighted by atomic mass is 16.5. The summed E-state index contributed by atoms with van der Waals surface area (Å²) in [6.45, 7) is 4.96. The standard InChI is InChI=1S/C14H18O4/c1-9-5-6-10(7-12(9)18-4)11(15)8-14(2,3)13(16)17/h5-7H,8H2,1-4H3,(H,16,17). The third kappa shape index (κ3) is 3.09. The smallest absolute Gasteiger partial charge is 0.309 e. The van der Waals surface area contributed by atoms with Gasteiger partial charge in [0.2, 0.25) is 0 Å². The van der Waals surface area contributed by atoms with Gasteiger partial charge in [0.25, 0.3) is 0 Å². The van der Waals surface area contributed by atoms with Crippen molar-refractivity contribution in [1.82, 2.24) is 0 Å². The van der Waals surface area contributed by atoms with Crippen molar-refractivity contribution in [3.8, 4) is 5.75 Å². The molecule has 1 rings (SSSR count). The SMILES string of the molecule is COc1cc(C(=O)CC(C)(C)C(=O)O)ccc1C. The number of carbonyl (C=O) groups excluding carboxylic acids is 1. The first kappa shape index (κ1) is 14.2. The number of ether oxygens (including phenoxy) is 1. The van der Waals surface area contributed by atoms with Crippen molar-refractivity contribution >= 4 is 11.8 Å². The molecular formula is C14H18O4. The molecule has 0 radical (unpaired) electrons. The van der Waals surface area contributed by atoms with Gasteiger partial charge < -0.3 is 9.84 Å². The normalized spacial score (nSPS) is 11.1. The van der Waals surface area contributed by atoms with Gasteiger partial charge in [0.1, 0.15) is 5.75 Å². The molecule has 98 valence electrons. The molecule has 0 bridgehead atoms. The van der Waals surface area contributed by atoms with Crippen LogP contribution in [0.4, 0.5) is 0 Å². The van der Waals surface area contributed by atoms with E-state index in [2.05, 4.69) is 0 Å². The Morgan fingerprint density at radius 2 is 1.94 bits per heavy atom. The summed E-state index contributed by atoms with van der Waals surface area (Å²) in [4.78, 5) is 23.0. The van der Waals surface area contributed by atoms with E-state index in [1.54, 1.807) is 32.0 Å². The zero-order chi connectivity index (χ0) is 13.9. The number of carboxylic acid groups (broad SMARTS) is 1. The first-order chi connectivity index (χ1) is 8.27. The molecule has 1 aromatic carbocycles. The molecule has 0 aliphatic carbocycles. The van der Waals surface area contributed by atoms with Crippen molar-refractivity contribution in [2.24, 2.45) is 5.41 Å². The second kappa shape index (κ2) is 5.21. The number of carboxylic acids is 1. The lowest BCUT2D eigenvalue weighted by molar-refractivity contribution is -0.146. The Kier molecular flexibility index (Phi) is 4.11. The number of aliphatic carboxylic acids is 1. The van der Waals surface area contributed by atoms with E-state index in [1.165, 1.54) is 7.11 Å². The number of carbonyl (C=O) groups is 2. The lowest BCUT2D eigenvalue weighted by atomic mass is 9.85. The van der Waals surface area contributed by atoms with Crippen molar-refractivity contribution in [2.75, 3.05) is 7.11 Å². The fourth-order valence-corrected chi connectivity index (χ4v) is 1.57. The van der Waals surface area contributed by atoms with Gasteiger partial charge in [0, 0.05) is 12.0 Å². The van der Waals surface area contributed by atoms with Crippen molar-refractivity contribution in [3.63, 3.8) is 0 Å². The highest BCUT2D eigenvalue weighted by Gasteiger charge is 2.30. The summed E-state index contributed by atoms with van der Waals surface area (Å²) in [5, 5.41) is 9.01. The maximum absolute atomic E-state index is 12.0. The molecular weight excluding hydrogens is 232 g/mol. The Hall–Kier alpha value is -1.84. The number of rotatable bonds is 5. The van der Waals surface area contributed by atoms with Gasteiger partial charge in [-0.05, 0) is 32.4 Å². The molecule has 0 aromatic heterocycles. The topological polar surface area (TPSA) is 63.6 Å². The molecule has 0 aliphatic heterocycles. The Morgan fingerprint density at radius 1 is 1.33 bits per heavy atom. The molecule has 0 amide bonds. The van der Waals surface area contributed by atoms with Crippen LogP contribution in [0.3, 0.4) is 0 Å². The highest BCUT2D eigenvalue weighted by Crippen LogP contribution is 2.25. The van der Waals surface area contributed by atoms with Crippen molar-refractivity contribution in [3.05, 3.63) is 29.3 Å². The minimum Gasteiger partial charge on any atom is -0.496 e. The minimum absolute atomic E-state index is 0.0332. The van der Waals surface area contributed by atoms with Crippen LogP contribution in [0.25, 0.3) is 0 Å². The van der Waals surface area contributed by atoms with Gasteiger partial charge in [-0.15, -0.1) is 0 Å². The quantitative estimate of drug-likeness (QED) is 0.816. The fourth-order valence-electron chi connectivity index (χ4n) is 1.57. The zero-order valence-corrected chi connectivity index (χ0v) is 11.1. The largest absolute Gasteiger partial charge is 0.496 e. The first-order valence-electron chi connectivity index (χ1n) is 5.69. The average Bonchev–Trinajstić information content (AvgIpc) is 2.28. The van der Waals surface area contributed by atoms with Gasteiger partial charge in [0.05, 0.1) is 12.5 Å². The maximum Gasteiger partial charge on any atom is 0.309 e. The van der Waals surface area contributed by atoms with Crippen LogP contribution < -0.4 is 4.74 Å². The molecule has 4 heteroatoms. The van der Waals surface area contributed by atoms with Crippen molar-refractivity contribution < 1.29 is 19.4 Å². The van der Waals surface area contributed by atoms with E-state index >= 15 is 0 Å². The Bertz CT molecular complexity index is 475. The summed E-state index contributed by atoms with van der Waals surface area (Å²) >= 11 is 0. The van der Waals surface area contributed by atoms with E-state index in [0.29, 0.717) is 11.3 Å². The average molecular weight is 250 g/mol. The van der Waals surface area contributed by atoms with E-state index in [0.717, 1.165) is 5.56 Å². The molecule has 0 saturated carbocycles. The van der Waals surface area contributed by atoms with E-state index in [1.807, 2.05) is 6.92 Å². The molecule has 1 N–H and O–H groups in total. The predicted octanol–water partition coefficient (Wildman–Crippen LogP) is 2.69. The van der Waals surface area contributed by atoms with Crippen LogP contribution in [0.2, 0.25) is 0 Å². The Morgan fingerprint density at radius 3 is 2.44 bits per heavy atom. The summed E-state index contributed by atoms with van der Waals surface area (Å²) in [6, 6.07) is 5.13. The highest BCUT2D eigenvalue weighted by molar-refractivity contribution is 5.99. The van der Waals surface area contributed by atoms with Crippen LogP contribution in [-0.2, 0) is 4.79 Å². The van der Waals surface area contributed by atoms with Gasteiger partial charge in [-0.2, -0.15) is 0 Å². The first-order valence-corrected chi connectivity index (χ1v) is 5.69. The lowest BCUT2D eigenvalue weighted by Crippen LogP contribution is -2.26. The lowest BCUT2D eigenvalue weighted by Gasteiger charge is -2.18. The molecule has 0 fully saturated rings. The number of methoxy groups -OCH3 is 1. The van der Waals surface area contributed by atoms with E-state index in [-0.39, 0.29) is 12.2 Å². The minimum atomic E-state index is -1.06. The molecule has 0 heterocycles. The molecule has 0 aliphatic rings. The van der Waals surface area contributed by atoms with E-state index in [9.17, 15) is 9.59 Å². The second-order valence-electron chi connectivity index (χ2n) is 4.97. The summed E-state index contributed by atoms with van der Waals surface area (Å²) in [5.41, 5.74) is 0.355. The van der Waals surface area contributed by atoms with Gasteiger partial charge in [0.15, 0.2) is 5.78 Å². The van der Waals surface area contributed by atoms with Crippen molar-refractivity contribution in [1.29, 1.82) is 0 Å². The van der Waals surface area contributed by atoms with Gasteiger partial charge in [-0.25, -0.2) is 0 Å². The fraction of sp³-hybridized carbons (Fsp3) is 0.429. The van der Waals surface area contributed by atoms with Crippen LogP contribution in [0.1, 0.15) is 36.2 Å². The number of ketones is 1. The molecule has 18 heavy (non-hydrogen) atoms.